The lowest BCUT2D eigenvalue weighted by atomic mass is 10.1. The number of carbonyl (C=O) groups is 2. The third-order valence-corrected chi connectivity index (χ3v) is 1.40. The van der Waals surface area contributed by atoms with Crippen LogP contribution < -0.4 is 11.5 Å². The minimum absolute atomic E-state index is 0.0694. The fourth-order valence-electron chi connectivity index (χ4n) is 0.732. The van der Waals surface area contributed by atoms with Crippen molar-refractivity contribution in [1.29, 1.82) is 0 Å². The molecular weight excluding hydrogens is 200 g/mol. The van der Waals surface area contributed by atoms with Crippen LogP contribution in [0.4, 0.5) is 0 Å². The number of rotatable bonds is 5. The van der Waals surface area contributed by atoms with Crippen LogP contribution >= 0.6 is 0 Å². The maximum atomic E-state index is 10.1. The monoisotopic (exact) mass is 220 g/mol. The fraction of sp³-hybridized carbons (Fsp3) is 0.778. The second kappa shape index (κ2) is 9.42. The van der Waals surface area contributed by atoms with Gasteiger partial charge < -0.3 is 21.7 Å². The van der Waals surface area contributed by atoms with Crippen LogP contribution in [0.25, 0.3) is 0 Å². The van der Waals surface area contributed by atoms with E-state index in [0.717, 1.165) is 0 Å². The molecule has 15 heavy (non-hydrogen) atoms. The predicted octanol–water partition coefficient (Wildman–Crippen LogP) is -0.136. The van der Waals surface area contributed by atoms with Gasteiger partial charge in [0.05, 0.1) is 6.42 Å². The first kappa shape index (κ1) is 16.3. The average molecular weight is 220 g/mol. The molecule has 0 aliphatic carbocycles. The molecule has 0 saturated carbocycles. The predicted molar refractivity (Wildman–Crippen MR) is 56.4 cm³/mol. The number of nitrogens with two attached hydrogens (primary N) is 2. The van der Waals surface area contributed by atoms with Crippen molar-refractivity contribution in [3.05, 3.63) is 0 Å². The molecule has 0 unspecified atom stereocenters. The Balaban J connectivity index is 0. The number of carboxylic acid groups (broad SMARTS) is 2. The van der Waals surface area contributed by atoms with Crippen LogP contribution in [0.2, 0.25) is 0 Å². The summed E-state index contributed by atoms with van der Waals surface area (Å²) in [7, 11) is 0. The molecule has 1 atom stereocenters. The van der Waals surface area contributed by atoms with Crippen molar-refractivity contribution in [2.45, 2.75) is 32.7 Å². The second-order valence-electron chi connectivity index (χ2n) is 3.51. The van der Waals surface area contributed by atoms with Gasteiger partial charge in [0, 0.05) is 6.54 Å². The van der Waals surface area contributed by atoms with Crippen LogP contribution in [0.3, 0.4) is 0 Å². The molecule has 0 rings (SSSR count). The molecule has 0 aromatic rings. The Kier molecular flexibility index (Phi) is 10.2. The first-order valence-electron chi connectivity index (χ1n) is 4.71. The lowest BCUT2D eigenvalue weighted by molar-refractivity contribution is -0.139. The molecule has 90 valence electrons. The van der Waals surface area contributed by atoms with Crippen molar-refractivity contribution >= 4 is 11.9 Å². The van der Waals surface area contributed by atoms with Crippen molar-refractivity contribution < 1.29 is 19.8 Å². The highest BCUT2D eigenvalue weighted by Crippen LogP contribution is 2.01. The summed E-state index contributed by atoms with van der Waals surface area (Å²) in [4.78, 5) is 19.6. The molecule has 0 aliphatic heterocycles. The molecular formula is C9H20N2O4. The van der Waals surface area contributed by atoms with E-state index in [1.165, 1.54) is 0 Å². The highest BCUT2D eigenvalue weighted by molar-refractivity contribution is 5.72. The molecule has 0 heterocycles. The quantitative estimate of drug-likeness (QED) is 0.511. The van der Waals surface area contributed by atoms with Gasteiger partial charge in [0.2, 0.25) is 0 Å². The van der Waals surface area contributed by atoms with E-state index < -0.39 is 18.0 Å². The van der Waals surface area contributed by atoms with Crippen LogP contribution in [0, 0.1) is 5.92 Å². The number of carboxylic acids is 2. The largest absolute Gasteiger partial charge is 0.481 e. The van der Waals surface area contributed by atoms with Crippen LogP contribution in [-0.2, 0) is 9.59 Å². The van der Waals surface area contributed by atoms with Crippen LogP contribution in [0.1, 0.15) is 26.7 Å². The molecule has 6 heteroatoms. The van der Waals surface area contributed by atoms with Gasteiger partial charge in [-0.2, -0.15) is 0 Å². The van der Waals surface area contributed by atoms with Gasteiger partial charge >= 0.3 is 11.9 Å². The van der Waals surface area contributed by atoms with E-state index in [1.54, 1.807) is 0 Å². The molecule has 0 fully saturated rings. The smallest absolute Gasteiger partial charge is 0.320 e. The molecule has 0 spiro atoms. The maximum absolute atomic E-state index is 10.1. The molecule has 0 aliphatic rings. The number of hydrogen-bond donors (Lipinski definition) is 4. The van der Waals surface area contributed by atoms with Gasteiger partial charge in [-0.3, -0.25) is 9.59 Å². The SMILES string of the molecule is CC(C)C[C@H](N)C(=O)O.NCCC(=O)O. The topological polar surface area (TPSA) is 127 Å². The Labute approximate surface area is 89.3 Å². The summed E-state index contributed by atoms with van der Waals surface area (Å²) in [5, 5.41) is 16.1. The molecule has 0 aromatic heterocycles. The van der Waals surface area contributed by atoms with E-state index in [0.29, 0.717) is 12.3 Å². The zero-order valence-corrected chi connectivity index (χ0v) is 9.14. The summed E-state index contributed by atoms with van der Waals surface area (Å²) < 4.78 is 0. The maximum Gasteiger partial charge on any atom is 0.320 e. The lowest BCUT2D eigenvalue weighted by Gasteiger charge is -2.07. The van der Waals surface area contributed by atoms with Crippen molar-refractivity contribution in [3.8, 4) is 0 Å². The van der Waals surface area contributed by atoms with Crippen molar-refractivity contribution in [2.75, 3.05) is 6.54 Å². The van der Waals surface area contributed by atoms with Crippen LogP contribution in [0.15, 0.2) is 0 Å². The van der Waals surface area contributed by atoms with Crippen molar-refractivity contribution in [2.24, 2.45) is 17.4 Å². The first-order chi connectivity index (χ1) is 6.81. The molecule has 6 nitrogen and oxygen atoms in total. The zero-order chi connectivity index (χ0) is 12.4. The summed E-state index contributed by atoms with van der Waals surface area (Å²) in [6, 6.07) is -0.690. The molecule has 0 saturated heterocycles. The van der Waals surface area contributed by atoms with E-state index in [-0.39, 0.29) is 13.0 Å². The van der Waals surface area contributed by atoms with E-state index in [4.69, 9.17) is 21.7 Å². The fourth-order valence-corrected chi connectivity index (χ4v) is 0.732. The molecule has 0 radical (unpaired) electrons. The summed E-state index contributed by atoms with van der Waals surface area (Å²) in [6.07, 6.45) is 0.620. The van der Waals surface area contributed by atoms with Gasteiger partial charge in [-0.15, -0.1) is 0 Å². The zero-order valence-electron chi connectivity index (χ0n) is 9.14. The number of hydrogen-bond acceptors (Lipinski definition) is 4. The van der Waals surface area contributed by atoms with Gasteiger partial charge in [-0.1, -0.05) is 13.8 Å². The third-order valence-electron chi connectivity index (χ3n) is 1.40. The molecule has 0 aromatic carbocycles. The highest BCUT2D eigenvalue weighted by Gasteiger charge is 2.11. The van der Waals surface area contributed by atoms with E-state index in [1.807, 2.05) is 13.8 Å². The van der Waals surface area contributed by atoms with Gasteiger partial charge in [0.15, 0.2) is 0 Å². The Morgan fingerprint density at radius 3 is 1.80 bits per heavy atom. The Morgan fingerprint density at radius 2 is 1.73 bits per heavy atom. The lowest BCUT2D eigenvalue weighted by Crippen LogP contribution is -2.31. The van der Waals surface area contributed by atoms with Gasteiger partial charge in [0.25, 0.3) is 0 Å². The van der Waals surface area contributed by atoms with E-state index in [2.05, 4.69) is 0 Å². The third kappa shape index (κ3) is 15.6. The second-order valence-corrected chi connectivity index (χ2v) is 3.51. The van der Waals surface area contributed by atoms with Crippen molar-refractivity contribution in [1.82, 2.24) is 0 Å². The Hall–Kier alpha value is -1.14. The Bertz CT molecular complexity index is 195. The number of aliphatic carboxylic acids is 2. The van der Waals surface area contributed by atoms with E-state index >= 15 is 0 Å². The van der Waals surface area contributed by atoms with Gasteiger partial charge in [-0.05, 0) is 12.3 Å². The molecule has 6 N–H and O–H groups in total. The van der Waals surface area contributed by atoms with Crippen molar-refractivity contribution in [3.63, 3.8) is 0 Å². The normalized spacial score (nSPS) is 11.5. The first-order valence-corrected chi connectivity index (χ1v) is 4.71. The summed E-state index contributed by atoms with van der Waals surface area (Å²) in [5.74, 6) is -1.39. The van der Waals surface area contributed by atoms with Gasteiger partial charge in [0.1, 0.15) is 6.04 Å². The van der Waals surface area contributed by atoms with Gasteiger partial charge in [-0.25, -0.2) is 0 Å². The molecule has 0 amide bonds. The molecule has 0 bridgehead atoms. The Morgan fingerprint density at radius 1 is 1.27 bits per heavy atom. The standard InChI is InChI=1S/C6H13NO2.C3H7NO2/c1-4(2)3-5(7)6(8)9;4-2-1-3(5)6/h4-5H,3,7H2,1-2H3,(H,8,9);1-2,4H2,(H,5,6)/t5-;/m0./s1. The minimum atomic E-state index is -0.913. The summed E-state index contributed by atoms with van der Waals surface area (Å²) >= 11 is 0. The summed E-state index contributed by atoms with van der Waals surface area (Å²) in [6.45, 7) is 4.13. The average Bonchev–Trinajstić information content (AvgIpc) is 2.03. The summed E-state index contributed by atoms with van der Waals surface area (Å²) in [5.41, 5.74) is 10.1. The van der Waals surface area contributed by atoms with E-state index in [9.17, 15) is 9.59 Å². The van der Waals surface area contributed by atoms with Crippen LogP contribution in [0.5, 0.6) is 0 Å². The van der Waals surface area contributed by atoms with Crippen LogP contribution in [-0.4, -0.2) is 34.7 Å². The highest BCUT2D eigenvalue weighted by atomic mass is 16.4. The minimum Gasteiger partial charge on any atom is -0.481 e.